The summed E-state index contributed by atoms with van der Waals surface area (Å²) < 4.78 is 73.7. The fourth-order valence-corrected chi connectivity index (χ4v) is 3.30. The van der Waals surface area contributed by atoms with Gasteiger partial charge in [0.05, 0.1) is 29.3 Å². The minimum atomic E-state index is -2.97. The Labute approximate surface area is 154 Å². The van der Waals surface area contributed by atoms with Crippen LogP contribution in [0.4, 0.5) is 8.78 Å². The van der Waals surface area contributed by atoms with E-state index in [1.165, 1.54) is 37.6 Å². The summed E-state index contributed by atoms with van der Waals surface area (Å²) in [6, 6.07) is 5.48. The molecule has 10 heteroatoms. The maximum absolute atomic E-state index is 12.8. The SMILES string of the molecule is [2H]C([2H])([2H])Oc1c(OC)ccnc1C[S+]([O-])c1nc2ccc(OC(F)F)cc2[nH]1. The number of nitrogens with zero attached hydrogens (tertiary/aromatic N) is 2. The van der Waals surface area contributed by atoms with Crippen LogP contribution >= 0.6 is 0 Å². The molecule has 0 saturated heterocycles. The number of aromatic nitrogens is 3. The molecule has 0 radical (unpaired) electrons. The largest absolute Gasteiger partial charge is 0.609 e. The first-order valence-corrected chi connectivity index (χ1v) is 8.52. The Bertz CT molecular complexity index is 1000. The number of hydrogen-bond acceptors (Lipinski definition) is 6. The first kappa shape index (κ1) is 14.6. The van der Waals surface area contributed by atoms with Crippen LogP contribution in [-0.2, 0) is 16.9 Å². The topological polar surface area (TPSA) is 92.3 Å². The van der Waals surface area contributed by atoms with Crippen LogP contribution in [-0.4, -0.2) is 40.3 Å². The van der Waals surface area contributed by atoms with E-state index in [0.717, 1.165) is 0 Å². The third-order valence-electron chi connectivity index (χ3n) is 3.40. The fourth-order valence-electron chi connectivity index (χ4n) is 2.29. The highest BCUT2D eigenvalue weighted by Gasteiger charge is 2.22. The Morgan fingerprint density at radius 2 is 2.19 bits per heavy atom. The molecule has 138 valence electrons. The standard InChI is InChI=1S/C16H15F2N3O4S/c1-23-13-5-6-19-12(14(13)24-2)8-26(22)16-20-10-4-3-9(25-15(17)18)7-11(10)21-16/h3-7,15H,8H2,1-2H3,(H,20,21)/i2D3. The Morgan fingerprint density at radius 3 is 2.92 bits per heavy atom. The number of hydrogen-bond donors (Lipinski definition) is 1. The van der Waals surface area contributed by atoms with E-state index in [-0.39, 0.29) is 33.9 Å². The molecule has 0 aliphatic carbocycles. The van der Waals surface area contributed by atoms with E-state index in [2.05, 4.69) is 19.7 Å². The number of imidazole rings is 1. The molecule has 3 aromatic rings. The lowest BCUT2D eigenvalue weighted by molar-refractivity contribution is -0.0497. The number of alkyl halides is 2. The Kier molecular flexibility index (Phi) is 4.34. The molecule has 3 rings (SSSR count). The minimum Gasteiger partial charge on any atom is -0.609 e. The van der Waals surface area contributed by atoms with Gasteiger partial charge in [-0.1, -0.05) is 0 Å². The summed E-state index contributed by atoms with van der Waals surface area (Å²) in [5.41, 5.74) is 0.845. The zero-order valence-corrected chi connectivity index (χ0v) is 14.2. The van der Waals surface area contributed by atoms with Crippen molar-refractivity contribution in [2.75, 3.05) is 14.1 Å². The van der Waals surface area contributed by atoms with E-state index in [4.69, 9.17) is 13.6 Å². The van der Waals surface area contributed by atoms with Crippen LogP contribution in [0.3, 0.4) is 0 Å². The van der Waals surface area contributed by atoms with Crippen LogP contribution in [0.2, 0.25) is 0 Å². The number of nitrogens with one attached hydrogen (secondary N) is 1. The smallest absolute Gasteiger partial charge is 0.387 e. The highest BCUT2D eigenvalue weighted by Crippen LogP contribution is 2.31. The average molecular weight is 386 g/mol. The molecule has 1 N–H and O–H groups in total. The molecule has 2 heterocycles. The predicted molar refractivity (Wildman–Crippen MR) is 90.2 cm³/mol. The van der Waals surface area contributed by atoms with Crippen molar-refractivity contribution in [3.05, 3.63) is 36.2 Å². The van der Waals surface area contributed by atoms with Crippen molar-refractivity contribution < 1.29 is 31.7 Å². The lowest BCUT2D eigenvalue weighted by Crippen LogP contribution is -2.10. The molecule has 0 aliphatic rings. The van der Waals surface area contributed by atoms with E-state index in [1.807, 2.05) is 0 Å². The molecule has 26 heavy (non-hydrogen) atoms. The van der Waals surface area contributed by atoms with Gasteiger partial charge in [-0.3, -0.25) is 9.97 Å². The number of ether oxygens (including phenoxy) is 3. The Hall–Kier alpha value is -2.59. The van der Waals surface area contributed by atoms with Crippen molar-refractivity contribution >= 4 is 22.2 Å². The second kappa shape index (κ2) is 7.75. The molecule has 0 fully saturated rings. The molecule has 0 amide bonds. The molecule has 1 unspecified atom stereocenters. The molecule has 0 aliphatic heterocycles. The van der Waals surface area contributed by atoms with Crippen molar-refractivity contribution in [1.82, 2.24) is 15.0 Å². The van der Waals surface area contributed by atoms with Crippen LogP contribution in [0, 0.1) is 0 Å². The van der Waals surface area contributed by atoms with E-state index in [0.29, 0.717) is 11.0 Å². The van der Waals surface area contributed by atoms with Crippen LogP contribution in [0.15, 0.2) is 35.6 Å². The molecule has 1 atom stereocenters. The van der Waals surface area contributed by atoms with Gasteiger partial charge in [-0.15, -0.1) is 0 Å². The monoisotopic (exact) mass is 386 g/mol. The molecule has 2 aromatic heterocycles. The lowest BCUT2D eigenvalue weighted by Gasteiger charge is -2.12. The predicted octanol–water partition coefficient (Wildman–Crippen LogP) is 2.88. The number of benzene rings is 1. The maximum atomic E-state index is 12.8. The summed E-state index contributed by atoms with van der Waals surface area (Å²) >= 11 is -1.77. The summed E-state index contributed by atoms with van der Waals surface area (Å²) in [7, 11) is -1.42. The van der Waals surface area contributed by atoms with Crippen molar-refractivity contribution in [2.24, 2.45) is 0 Å². The highest BCUT2D eigenvalue weighted by molar-refractivity contribution is 7.90. The molecule has 1 aromatic carbocycles. The normalized spacial score (nSPS) is 14.6. The van der Waals surface area contributed by atoms with Gasteiger partial charge in [0.1, 0.15) is 11.4 Å². The summed E-state index contributed by atoms with van der Waals surface area (Å²) in [4.78, 5) is 11.0. The van der Waals surface area contributed by atoms with Gasteiger partial charge in [0, 0.05) is 29.5 Å². The summed E-state index contributed by atoms with van der Waals surface area (Å²) in [5.74, 6) is -0.312. The average Bonchev–Trinajstić information content (AvgIpc) is 3.05. The number of H-pyrrole nitrogens is 1. The number of aromatic amines is 1. The first-order chi connectivity index (χ1) is 13.7. The molecule has 0 spiro atoms. The minimum absolute atomic E-state index is 0.0543. The van der Waals surface area contributed by atoms with Crippen LogP contribution < -0.4 is 14.2 Å². The lowest BCUT2D eigenvalue weighted by atomic mass is 10.3. The van der Waals surface area contributed by atoms with Crippen molar-refractivity contribution in [1.29, 1.82) is 0 Å². The van der Waals surface area contributed by atoms with Gasteiger partial charge in [-0.25, -0.2) is 0 Å². The second-order valence-corrected chi connectivity index (χ2v) is 6.35. The van der Waals surface area contributed by atoms with Gasteiger partial charge < -0.3 is 18.8 Å². The third kappa shape index (κ3) is 3.81. The van der Waals surface area contributed by atoms with Crippen LogP contribution in [0.5, 0.6) is 17.2 Å². The van der Waals surface area contributed by atoms with Gasteiger partial charge in [-0.05, 0) is 12.1 Å². The second-order valence-electron chi connectivity index (χ2n) is 4.98. The van der Waals surface area contributed by atoms with Gasteiger partial charge in [0.25, 0.3) is 0 Å². The van der Waals surface area contributed by atoms with E-state index in [1.54, 1.807) is 0 Å². The van der Waals surface area contributed by atoms with Crippen LogP contribution in [0.1, 0.15) is 9.81 Å². The van der Waals surface area contributed by atoms with Crippen LogP contribution in [0.25, 0.3) is 11.0 Å². The van der Waals surface area contributed by atoms with Gasteiger partial charge in [0.2, 0.25) is 0 Å². The highest BCUT2D eigenvalue weighted by atomic mass is 32.2. The molecule has 0 bridgehead atoms. The summed E-state index contributed by atoms with van der Waals surface area (Å²) in [5, 5.41) is 0.0543. The molecular formula is C16H15F2N3O4S. The van der Waals surface area contributed by atoms with Crippen molar-refractivity contribution in [3.63, 3.8) is 0 Å². The number of halogens is 2. The summed E-state index contributed by atoms with van der Waals surface area (Å²) in [6.07, 6.45) is 1.37. The van der Waals surface area contributed by atoms with Gasteiger partial charge in [0.15, 0.2) is 17.3 Å². The number of fused-ring (bicyclic) bond motifs is 1. The Morgan fingerprint density at radius 1 is 1.35 bits per heavy atom. The van der Waals surface area contributed by atoms with E-state index in [9.17, 15) is 13.3 Å². The molecular weight excluding hydrogens is 368 g/mol. The Balaban J connectivity index is 1.87. The maximum Gasteiger partial charge on any atom is 0.387 e. The zero-order chi connectivity index (χ0) is 21.2. The quantitative estimate of drug-likeness (QED) is 0.628. The van der Waals surface area contributed by atoms with E-state index < -0.39 is 24.8 Å². The summed E-state index contributed by atoms with van der Waals surface area (Å²) in [6.45, 7) is -2.97. The molecule has 7 nitrogen and oxygen atoms in total. The fraction of sp³-hybridized carbons (Fsp3) is 0.250. The number of methoxy groups -OCH3 is 2. The zero-order valence-electron chi connectivity index (χ0n) is 16.4. The first-order valence-electron chi connectivity index (χ1n) is 8.70. The number of rotatable bonds is 7. The van der Waals surface area contributed by atoms with Gasteiger partial charge in [-0.2, -0.15) is 13.8 Å². The third-order valence-corrected chi connectivity index (χ3v) is 4.56. The van der Waals surface area contributed by atoms with E-state index >= 15 is 0 Å². The molecule has 0 saturated carbocycles. The van der Waals surface area contributed by atoms with Gasteiger partial charge >= 0.3 is 11.8 Å². The van der Waals surface area contributed by atoms with Crippen molar-refractivity contribution in [2.45, 2.75) is 17.5 Å². The number of pyridine rings is 1. The van der Waals surface area contributed by atoms with Crippen molar-refractivity contribution in [3.8, 4) is 17.2 Å².